The van der Waals surface area contributed by atoms with Gasteiger partial charge >= 0.3 is 0 Å². The molecule has 2 aromatic rings. The van der Waals surface area contributed by atoms with Gasteiger partial charge < -0.3 is 10.1 Å². The van der Waals surface area contributed by atoms with E-state index in [2.05, 4.69) is 16.2 Å². The molecule has 132 valence electrons. The van der Waals surface area contributed by atoms with E-state index < -0.39 is 0 Å². The Morgan fingerprint density at radius 3 is 2.48 bits per heavy atom. The van der Waals surface area contributed by atoms with E-state index >= 15 is 0 Å². The van der Waals surface area contributed by atoms with Crippen molar-refractivity contribution >= 4 is 5.91 Å². The third-order valence-corrected chi connectivity index (χ3v) is 4.47. The second-order valence-electron chi connectivity index (χ2n) is 6.18. The minimum absolute atomic E-state index is 0.0207. The summed E-state index contributed by atoms with van der Waals surface area (Å²) in [6.45, 7) is 1.94. The lowest BCUT2D eigenvalue weighted by Crippen LogP contribution is -2.43. The van der Waals surface area contributed by atoms with Crippen LogP contribution in [0.4, 0.5) is 4.39 Å². The summed E-state index contributed by atoms with van der Waals surface area (Å²) >= 11 is 0. The Kier molecular flexibility index (Phi) is 5.31. The quantitative estimate of drug-likeness (QED) is 0.781. The normalized spacial score (nSPS) is 20.9. The predicted molar refractivity (Wildman–Crippen MR) is 93.4 cm³/mol. The Balaban J connectivity index is 1.57. The fourth-order valence-corrected chi connectivity index (χ4v) is 2.93. The minimum Gasteiger partial charge on any atom is -0.497 e. The molecule has 3 rings (SSSR count). The van der Waals surface area contributed by atoms with Crippen molar-refractivity contribution in [2.45, 2.75) is 31.5 Å². The van der Waals surface area contributed by atoms with Crippen LogP contribution in [-0.4, -0.2) is 19.1 Å². The van der Waals surface area contributed by atoms with Crippen molar-refractivity contribution in [3.05, 3.63) is 65.5 Å². The fourth-order valence-electron chi connectivity index (χ4n) is 2.93. The maximum Gasteiger partial charge on any atom is 0.239 e. The number of rotatable bonds is 5. The standard InChI is InChI=1S/C19H22FN3O2/c1-12(13-5-9-16(25-2)10-6-13)21-19(24)18-11-17(22-23-18)14-3-7-15(20)8-4-14/h3-10,12,17-18,22-23H,11H2,1-2H3,(H,21,24). The van der Waals surface area contributed by atoms with Crippen LogP contribution >= 0.6 is 0 Å². The van der Waals surface area contributed by atoms with Crippen molar-refractivity contribution < 1.29 is 13.9 Å². The number of methoxy groups -OCH3 is 1. The summed E-state index contributed by atoms with van der Waals surface area (Å²) in [7, 11) is 1.62. The van der Waals surface area contributed by atoms with Crippen molar-refractivity contribution in [1.82, 2.24) is 16.2 Å². The highest BCUT2D eigenvalue weighted by atomic mass is 19.1. The number of ether oxygens (including phenoxy) is 1. The molecular formula is C19H22FN3O2. The molecule has 1 heterocycles. The van der Waals surface area contributed by atoms with Crippen molar-refractivity contribution in [1.29, 1.82) is 0 Å². The summed E-state index contributed by atoms with van der Waals surface area (Å²) in [6, 6.07) is 13.5. The second-order valence-corrected chi connectivity index (χ2v) is 6.18. The summed E-state index contributed by atoms with van der Waals surface area (Å²) in [4.78, 5) is 12.5. The zero-order chi connectivity index (χ0) is 17.8. The Hall–Kier alpha value is -2.44. The van der Waals surface area contributed by atoms with E-state index in [1.165, 1.54) is 12.1 Å². The molecule has 3 atom stereocenters. The zero-order valence-electron chi connectivity index (χ0n) is 14.3. The first-order valence-electron chi connectivity index (χ1n) is 8.27. The third-order valence-electron chi connectivity index (χ3n) is 4.47. The molecule has 3 N–H and O–H groups in total. The first-order chi connectivity index (χ1) is 12.1. The molecule has 1 amide bonds. The van der Waals surface area contributed by atoms with Gasteiger partial charge in [0.25, 0.3) is 0 Å². The molecule has 0 spiro atoms. The van der Waals surface area contributed by atoms with Crippen LogP contribution in [-0.2, 0) is 4.79 Å². The smallest absolute Gasteiger partial charge is 0.239 e. The summed E-state index contributed by atoms with van der Waals surface area (Å²) < 4.78 is 18.2. The fraction of sp³-hybridized carbons (Fsp3) is 0.316. The number of halogens is 1. The molecule has 0 aliphatic carbocycles. The Morgan fingerprint density at radius 2 is 1.84 bits per heavy atom. The number of carbonyl (C=O) groups excluding carboxylic acids is 1. The van der Waals surface area contributed by atoms with E-state index in [0.717, 1.165) is 16.9 Å². The summed E-state index contributed by atoms with van der Waals surface area (Å²) in [5, 5.41) is 3.01. The van der Waals surface area contributed by atoms with E-state index in [1.54, 1.807) is 19.2 Å². The monoisotopic (exact) mass is 343 g/mol. The van der Waals surface area contributed by atoms with Gasteiger partial charge in [0.05, 0.1) is 13.2 Å². The lowest BCUT2D eigenvalue weighted by Gasteiger charge is -2.17. The Labute approximate surface area is 146 Å². The van der Waals surface area contributed by atoms with Gasteiger partial charge in [0, 0.05) is 6.04 Å². The van der Waals surface area contributed by atoms with Crippen LogP contribution in [0.25, 0.3) is 0 Å². The second kappa shape index (κ2) is 7.63. The topological polar surface area (TPSA) is 62.4 Å². The largest absolute Gasteiger partial charge is 0.497 e. The number of nitrogens with one attached hydrogen (secondary N) is 3. The SMILES string of the molecule is COc1ccc(C(C)NC(=O)C2CC(c3ccc(F)cc3)NN2)cc1. The lowest BCUT2D eigenvalue weighted by molar-refractivity contribution is -0.123. The minimum atomic E-state index is -0.337. The third kappa shape index (κ3) is 4.15. The molecule has 1 saturated heterocycles. The molecular weight excluding hydrogens is 321 g/mol. The Bertz CT molecular complexity index is 718. The van der Waals surface area contributed by atoms with Crippen LogP contribution in [0.5, 0.6) is 5.75 Å². The molecule has 2 aromatic carbocycles. The van der Waals surface area contributed by atoms with Gasteiger partial charge in [0.15, 0.2) is 0 Å². The van der Waals surface area contributed by atoms with Crippen LogP contribution in [0, 0.1) is 5.82 Å². The number of hydrogen-bond acceptors (Lipinski definition) is 4. The van der Waals surface area contributed by atoms with Crippen molar-refractivity contribution in [2.24, 2.45) is 0 Å². The lowest BCUT2D eigenvalue weighted by atomic mass is 10.0. The summed E-state index contributed by atoms with van der Waals surface area (Å²) in [5.74, 6) is 0.448. The van der Waals surface area contributed by atoms with Gasteiger partial charge in [-0.15, -0.1) is 0 Å². The maximum absolute atomic E-state index is 13.0. The van der Waals surface area contributed by atoms with Gasteiger partial charge in [-0.2, -0.15) is 0 Å². The van der Waals surface area contributed by atoms with Gasteiger partial charge in [-0.25, -0.2) is 15.2 Å². The van der Waals surface area contributed by atoms with E-state index in [4.69, 9.17) is 4.74 Å². The molecule has 0 aromatic heterocycles. The van der Waals surface area contributed by atoms with E-state index in [0.29, 0.717) is 6.42 Å². The maximum atomic E-state index is 13.0. The molecule has 0 saturated carbocycles. The summed E-state index contributed by atoms with van der Waals surface area (Å²) in [5.41, 5.74) is 8.08. The molecule has 0 bridgehead atoms. The first-order valence-corrected chi connectivity index (χ1v) is 8.27. The van der Waals surface area contributed by atoms with Crippen molar-refractivity contribution in [3.63, 3.8) is 0 Å². The number of benzene rings is 2. The van der Waals surface area contributed by atoms with Crippen LogP contribution in [0.3, 0.4) is 0 Å². The molecule has 5 nitrogen and oxygen atoms in total. The highest BCUT2D eigenvalue weighted by Crippen LogP contribution is 2.23. The highest BCUT2D eigenvalue weighted by Gasteiger charge is 2.30. The van der Waals surface area contributed by atoms with E-state index in [1.807, 2.05) is 31.2 Å². The van der Waals surface area contributed by atoms with Crippen LogP contribution in [0.2, 0.25) is 0 Å². The molecule has 1 aliphatic heterocycles. The molecule has 0 radical (unpaired) electrons. The van der Waals surface area contributed by atoms with Gasteiger partial charge in [-0.05, 0) is 48.7 Å². The van der Waals surface area contributed by atoms with Gasteiger partial charge in [-0.1, -0.05) is 24.3 Å². The van der Waals surface area contributed by atoms with Gasteiger partial charge in [-0.3, -0.25) is 4.79 Å². The zero-order valence-corrected chi connectivity index (χ0v) is 14.3. The summed E-state index contributed by atoms with van der Waals surface area (Å²) in [6.07, 6.45) is 0.604. The number of amides is 1. The average molecular weight is 343 g/mol. The van der Waals surface area contributed by atoms with Crippen LogP contribution in [0.15, 0.2) is 48.5 Å². The molecule has 3 unspecified atom stereocenters. The first kappa shape index (κ1) is 17.4. The van der Waals surface area contributed by atoms with E-state index in [9.17, 15) is 9.18 Å². The van der Waals surface area contributed by atoms with Crippen LogP contribution < -0.4 is 20.9 Å². The molecule has 1 fully saturated rings. The molecule has 25 heavy (non-hydrogen) atoms. The molecule has 1 aliphatic rings. The van der Waals surface area contributed by atoms with Crippen LogP contribution in [0.1, 0.15) is 36.6 Å². The van der Waals surface area contributed by atoms with Gasteiger partial charge in [0.2, 0.25) is 5.91 Å². The highest BCUT2D eigenvalue weighted by molar-refractivity contribution is 5.82. The number of hydrogen-bond donors (Lipinski definition) is 3. The van der Waals surface area contributed by atoms with Crippen molar-refractivity contribution in [3.8, 4) is 5.75 Å². The van der Waals surface area contributed by atoms with E-state index in [-0.39, 0.29) is 29.8 Å². The average Bonchev–Trinajstić information content (AvgIpc) is 3.12. The number of hydrazine groups is 1. The number of carbonyl (C=O) groups is 1. The predicted octanol–water partition coefficient (Wildman–Crippen LogP) is 2.62. The Morgan fingerprint density at radius 1 is 1.16 bits per heavy atom. The molecule has 6 heteroatoms. The van der Waals surface area contributed by atoms with Gasteiger partial charge in [0.1, 0.15) is 17.6 Å². The van der Waals surface area contributed by atoms with Crippen molar-refractivity contribution in [2.75, 3.05) is 7.11 Å².